The Morgan fingerprint density at radius 1 is 0.316 bits per heavy atom. The highest BCUT2D eigenvalue weighted by molar-refractivity contribution is 6.26. The van der Waals surface area contributed by atoms with Crippen LogP contribution in [0, 0.1) is 0 Å². The van der Waals surface area contributed by atoms with Crippen LogP contribution in [0.2, 0.25) is 0 Å². The molecule has 57 heavy (non-hydrogen) atoms. The molecule has 0 saturated carbocycles. The first-order valence-corrected chi connectivity index (χ1v) is 19.5. The molecule has 0 N–H and O–H groups in total. The summed E-state index contributed by atoms with van der Waals surface area (Å²) in [5, 5.41) is 12.2. The molecule has 0 fully saturated rings. The minimum Gasteiger partial charge on any atom is -0.454 e. The summed E-state index contributed by atoms with van der Waals surface area (Å²) in [5.74, 6) is 0. The Morgan fingerprint density at radius 2 is 0.789 bits per heavy atom. The Bertz CT molecular complexity index is 3430. The van der Waals surface area contributed by atoms with E-state index in [1.165, 1.54) is 54.2 Å². The van der Waals surface area contributed by atoms with Crippen molar-refractivity contribution in [2.75, 3.05) is 4.90 Å². The third-order valence-electron chi connectivity index (χ3n) is 11.8. The van der Waals surface area contributed by atoms with Crippen LogP contribution in [0.3, 0.4) is 0 Å². The van der Waals surface area contributed by atoms with E-state index in [-0.39, 0.29) is 0 Å². The quantitative estimate of drug-likeness (QED) is 0.165. The van der Waals surface area contributed by atoms with E-state index in [0.29, 0.717) is 0 Å². The lowest BCUT2D eigenvalue weighted by Crippen LogP contribution is -2.09. The molecule has 266 valence electrons. The maximum Gasteiger partial charge on any atom is 0.159 e. The van der Waals surface area contributed by atoms with Crippen molar-refractivity contribution in [3.05, 3.63) is 206 Å². The second-order valence-electron chi connectivity index (χ2n) is 14.9. The van der Waals surface area contributed by atoms with E-state index >= 15 is 0 Å². The van der Waals surface area contributed by atoms with Gasteiger partial charge in [0.2, 0.25) is 0 Å². The summed E-state index contributed by atoms with van der Waals surface area (Å²) in [6, 6.07) is 74.4. The fourth-order valence-corrected chi connectivity index (χ4v) is 9.18. The van der Waals surface area contributed by atoms with Gasteiger partial charge in [0.25, 0.3) is 0 Å². The van der Waals surface area contributed by atoms with E-state index in [0.717, 1.165) is 55.7 Å². The van der Waals surface area contributed by atoms with Crippen LogP contribution in [0.4, 0.5) is 17.1 Å². The number of nitrogens with zero attached hydrogens (tertiary/aromatic N) is 2. The van der Waals surface area contributed by atoms with Gasteiger partial charge in [-0.05, 0) is 98.0 Å². The molecule has 12 rings (SSSR count). The average molecular weight is 727 g/mol. The van der Waals surface area contributed by atoms with Gasteiger partial charge in [-0.25, -0.2) is 0 Å². The van der Waals surface area contributed by atoms with Crippen LogP contribution in [0.15, 0.2) is 211 Å². The molecule has 0 amide bonds. The Morgan fingerprint density at radius 3 is 1.44 bits per heavy atom. The van der Waals surface area contributed by atoms with Crippen LogP contribution in [0.5, 0.6) is 0 Å². The Labute approximate surface area is 328 Å². The van der Waals surface area contributed by atoms with Crippen molar-refractivity contribution in [3.63, 3.8) is 0 Å². The van der Waals surface area contributed by atoms with Gasteiger partial charge in [-0.3, -0.25) is 0 Å². The fourth-order valence-electron chi connectivity index (χ4n) is 9.18. The maximum absolute atomic E-state index is 6.97. The lowest BCUT2D eigenvalue weighted by molar-refractivity contribution is 0.666. The molecule has 3 heteroatoms. The topological polar surface area (TPSA) is 21.3 Å². The summed E-state index contributed by atoms with van der Waals surface area (Å²) in [4.78, 5) is 2.36. The zero-order chi connectivity index (χ0) is 37.5. The van der Waals surface area contributed by atoms with Crippen molar-refractivity contribution in [1.29, 1.82) is 0 Å². The standard InChI is InChI=1S/C54H34N2O/c1-2-13-35(14-3-1)36-25-27-37(28-26-36)55(38-29-31-44-42-17-5-4-15-40(42)41-16-6-7-18-43(41)49(44)33-38)39-30-32-47-48-21-12-24-52(54(48)57-53(47)34-39)56-50-22-10-8-19-45(50)46-20-9-11-23-51(46)56/h1-34H. The molecular weight excluding hydrogens is 693 g/mol. The zero-order valence-electron chi connectivity index (χ0n) is 30.9. The second-order valence-corrected chi connectivity index (χ2v) is 14.9. The predicted octanol–water partition coefficient (Wildman–Crippen LogP) is 15.3. The number of benzene rings is 10. The van der Waals surface area contributed by atoms with Gasteiger partial charge in [0.1, 0.15) is 5.58 Å². The highest BCUT2D eigenvalue weighted by Gasteiger charge is 2.20. The van der Waals surface area contributed by atoms with Gasteiger partial charge in [-0.15, -0.1) is 0 Å². The van der Waals surface area contributed by atoms with E-state index in [1.54, 1.807) is 0 Å². The fraction of sp³-hybridized carbons (Fsp3) is 0. The summed E-state index contributed by atoms with van der Waals surface area (Å²) in [5.41, 5.74) is 10.6. The van der Waals surface area contributed by atoms with Crippen molar-refractivity contribution < 1.29 is 4.42 Å². The first kappa shape index (κ1) is 31.7. The minimum absolute atomic E-state index is 0.846. The molecule has 0 spiro atoms. The highest BCUT2D eigenvalue weighted by atomic mass is 16.3. The van der Waals surface area contributed by atoms with Crippen molar-refractivity contribution in [2.45, 2.75) is 0 Å². The van der Waals surface area contributed by atoms with Gasteiger partial charge >= 0.3 is 0 Å². The molecule has 0 aliphatic heterocycles. The smallest absolute Gasteiger partial charge is 0.159 e. The maximum atomic E-state index is 6.97. The number of hydrogen-bond donors (Lipinski definition) is 0. The van der Waals surface area contributed by atoms with Crippen LogP contribution in [0.1, 0.15) is 0 Å². The van der Waals surface area contributed by atoms with E-state index in [4.69, 9.17) is 4.42 Å². The summed E-state index contributed by atoms with van der Waals surface area (Å²) in [7, 11) is 0. The molecule has 0 aliphatic carbocycles. The van der Waals surface area contributed by atoms with Gasteiger partial charge in [0.05, 0.1) is 16.7 Å². The number of rotatable bonds is 5. The molecular formula is C54H34N2O. The monoisotopic (exact) mass is 726 g/mol. The Kier molecular flexibility index (Phi) is 6.93. The predicted molar refractivity (Wildman–Crippen MR) is 241 cm³/mol. The van der Waals surface area contributed by atoms with Crippen molar-refractivity contribution >= 4 is 93.1 Å². The average Bonchev–Trinajstić information content (AvgIpc) is 3.83. The molecule has 12 aromatic rings. The van der Waals surface area contributed by atoms with E-state index < -0.39 is 0 Å². The molecule has 0 bridgehead atoms. The summed E-state index contributed by atoms with van der Waals surface area (Å²) < 4.78 is 9.32. The number of furan rings is 1. The van der Waals surface area contributed by atoms with E-state index in [2.05, 4.69) is 216 Å². The third-order valence-corrected chi connectivity index (χ3v) is 11.8. The van der Waals surface area contributed by atoms with Crippen LogP contribution in [0.25, 0.3) is 92.9 Å². The summed E-state index contributed by atoms with van der Waals surface area (Å²) in [6.07, 6.45) is 0. The van der Waals surface area contributed by atoms with Gasteiger partial charge in [0, 0.05) is 44.7 Å². The van der Waals surface area contributed by atoms with Crippen LogP contribution in [-0.2, 0) is 0 Å². The minimum atomic E-state index is 0.846. The van der Waals surface area contributed by atoms with Crippen LogP contribution >= 0.6 is 0 Å². The molecule has 10 aromatic carbocycles. The molecule has 0 atom stereocenters. The summed E-state index contributed by atoms with van der Waals surface area (Å²) in [6.45, 7) is 0. The Balaban J connectivity index is 1.07. The highest BCUT2D eigenvalue weighted by Crippen LogP contribution is 2.44. The molecule has 0 aliphatic rings. The number of fused-ring (bicyclic) bond motifs is 12. The zero-order valence-corrected chi connectivity index (χ0v) is 30.9. The van der Waals surface area contributed by atoms with Crippen molar-refractivity contribution in [3.8, 4) is 16.8 Å². The van der Waals surface area contributed by atoms with E-state index in [1.807, 2.05) is 0 Å². The molecule has 0 radical (unpaired) electrons. The van der Waals surface area contributed by atoms with Gasteiger partial charge < -0.3 is 13.9 Å². The molecule has 2 aromatic heterocycles. The normalized spacial score (nSPS) is 11.9. The second kappa shape index (κ2) is 12.5. The molecule has 2 heterocycles. The van der Waals surface area contributed by atoms with Gasteiger partial charge in [-0.1, -0.05) is 146 Å². The number of anilines is 3. The number of para-hydroxylation sites is 3. The Hall–Kier alpha value is -7.62. The lowest BCUT2D eigenvalue weighted by Gasteiger charge is -2.26. The number of hydrogen-bond acceptors (Lipinski definition) is 2. The van der Waals surface area contributed by atoms with Crippen LogP contribution < -0.4 is 4.90 Å². The van der Waals surface area contributed by atoms with Gasteiger partial charge in [0.15, 0.2) is 5.58 Å². The first-order valence-electron chi connectivity index (χ1n) is 19.5. The van der Waals surface area contributed by atoms with E-state index in [9.17, 15) is 0 Å². The molecule has 3 nitrogen and oxygen atoms in total. The van der Waals surface area contributed by atoms with Gasteiger partial charge in [-0.2, -0.15) is 0 Å². The number of aromatic nitrogens is 1. The van der Waals surface area contributed by atoms with Crippen molar-refractivity contribution in [2.24, 2.45) is 0 Å². The van der Waals surface area contributed by atoms with Crippen LogP contribution in [-0.4, -0.2) is 4.57 Å². The first-order chi connectivity index (χ1) is 28.3. The SMILES string of the molecule is c1ccc(-c2ccc(N(c3ccc4c(c3)oc3c(-n5c6ccccc6c6ccccc65)cccc34)c3ccc4c5ccccc5c5ccccc5c4c3)cc2)cc1. The molecule has 0 saturated heterocycles. The summed E-state index contributed by atoms with van der Waals surface area (Å²) >= 11 is 0. The lowest BCUT2D eigenvalue weighted by atomic mass is 9.94. The third kappa shape index (κ3) is 4.86. The molecule has 0 unspecified atom stereocenters. The largest absolute Gasteiger partial charge is 0.454 e. The van der Waals surface area contributed by atoms with Crippen molar-refractivity contribution in [1.82, 2.24) is 4.57 Å².